The predicted octanol–water partition coefficient (Wildman–Crippen LogP) is 3.63. The molecule has 202 valence electrons. The molecule has 1 atom stereocenters. The van der Waals surface area contributed by atoms with E-state index in [1.807, 2.05) is 36.2 Å². The highest BCUT2D eigenvalue weighted by molar-refractivity contribution is 5.81. The zero-order chi connectivity index (χ0) is 25.8. The second-order valence-corrected chi connectivity index (χ2v) is 11.6. The first-order valence-electron chi connectivity index (χ1n) is 14.3. The molecule has 2 aromatic rings. The predicted molar refractivity (Wildman–Crippen MR) is 148 cm³/mol. The van der Waals surface area contributed by atoms with Gasteiger partial charge in [-0.25, -0.2) is 0 Å². The summed E-state index contributed by atoms with van der Waals surface area (Å²) >= 11 is 0. The SMILES string of the molecule is CN1CCCN(C2(CN(Cc3cc4ccccc4n(C)c3=O)C(=O)C3CCCCC3)CCCOC2)CC1. The van der Waals surface area contributed by atoms with E-state index in [4.69, 9.17) is 4.74 Å². The third-order valence-electron chi connectivity index (χ3n) is 9.01. The Kier molecular flexibility index (Phi) is 8.32. The first kappa shape index (κ1) is 26.4. The topological polar surface area (TPSA) is 58.0 Å². The van der Waals surface area contributed by atoms with Gasteiger partial charge in [-0.2, -0.15) is 0 Å². The number of benzene rings is 1. The standard InChI is InChI=1S/C30H44N4O3/c1-31-15-9-16-34(18-17-31)30(14-8-19-37-23-30)22-33(29(36)24-10-4-3-5-11-24)21-26-20-25-12-6-7-13-27(25)32(2)28(26)35/h6-7,12-13,20,24H,3-5,8-11,14-19,21-23H2,1-2H3. The van der Waals surface area contributed by atoms with Gasteiger partial charge in [0.15, 0.2) is 0 Å². The van der Waals surface area contributed by atoms with Gasteiger partial charge in [0.25, 0.3) is 5.56 Å². The molecule has 7 heteroatoms. The fraction of sp³-hybridized carbons (Fsp3) is 0.667. The van der Waals surface area contributed by atoms with Gasteiger partial charge in [-0.15, -0.1) is 0 Å². The van der Waals surface area contributed by atoms with E-state index in [2.05, 4.69) is 22.9 Å². The summed E-state index contributed by atoms with van der Waals surface area (Å²) in [5.74, 6) is 0.293. The number of ether oxygens (including phenoxy) is 1. The van der Waals surface area contributed by atoms with E-state index in [0.29, 0.717) is 25.3 Å². The number of para-hydroxylation sites is 1. The Bertz CT molecular complexity index is 1130. The van der Waals surface area contributed by atoms with Crippen LogP contribution in [0, 0.1) is 5.92 Å². The maximum Gasteiger partial charge on any atom is 0.255 e. The average molecular weight is 509 g/mol. The number of carbonyl (C=O) groups is 1. The molecular weight excluding hydrogens is 464 g/mol. The van der Waals surface area contributed by atoms with Crippen molar-refractivity contribution in [2.45, 2.75) is 63.5 Å². The fourth-order valence-corrected chi connectivity index (χ4v) is 6.82. The molecule has 37 heavy (non-hydrogen) atoms. The lowest BCUT2D eigenvalue weighted by molar-refractivity contribution is -0.142. The maximum atomic E-state index is 14.1. The lowest BCUT2D eigenvalue weighted by Crippen LogP contribution is -2.62. The quantitative estimate of drug-likeness (QED) is 0.597. The lowest BCUT2D eigenvalue weighted by atomic mass is 9.86. The average Bonchev–Trinajstić information content (AvgIpc) is 3.16. The highest BCUT2D eigenvalue weighted by atomic mass is 16.5. The van der Waals surface area contributed by atoms with E-state index in [1.54, 1.807) is 4.57 Å². The molecule has 0 spiro atoms. The number of rotatable bonds is 6. The number of aromatic nitrogens is 1. The molecule has 3 heterocycles. The fourth-order valence-electron chi connectivity index (χ4n) is 6.82. The minimum atomic E-state index is -0.199. The van der Waals surface area contributed by atoms with Crippen molar-refractivity contribution in [2.75, 3.05) is 53.0 Å². The molecule has 0 radical (unpaired) electrons. The Morgan fingerprint density at radius 2 is 1.84 bits per heavy atom. The van der Waals surface area contributed by atoms with E-state index >= 15 is 0 Å². The number of amides is 1. The first-order chi connectivity index (χ1) is 18.0. The van der Waals surface area contributed by atoms with Crippen LogP contribution in [0.2, 0.25) is 0 Å². The normalized spacial score (nSPS) is 24.7. The van der Waals surface area contributed by atoms with Gasteiger partial charge in [0.1, 0.15) is 0 Å². The molecule has 1 aromatic carbocycles. The molecule has 1 aliphatic carbocycles. The molecule has 2 saturated heterocycles. The van der Waals surface area contributed by atoms with Crippen LogP contribution in [0.5, 0.6) is 0 Å². The van der Waals surface area contributed by atoms with Gasteiger partial charge in [-0.3, -0.25) is 14.5 Å². The highest BCUT2D eigenvalue weighted by Crippen LogP contribution is 2.32. The van der Waals surface area contributed by atoms with Gasteiger partial charge in [-0.05, 0) is 63.2 Å². The minimum Gasteiger partial charge on any atom is -0.379 e. The van der Waals surface area contributed by atoms with Crippen LogP contribution < -0.4 is 5.56 Å². The molecule has 0 bridgehead atoms. The van der Waals surface area contributed by atoms with Crippen molar-refractivity contribution in [1.29, 1.82) is 0 Å². The molecule has 3 fully saturated rings. The molecule has 1 amide bonds. The van der Waals surface area contributed by atoms with Gasteiger partial charge in [0.05, 0.1) is 24.2 Å². The molecule has 7 nitrogen and oxygen atoms in total. The summed E-state index contributed by atoms with van der Waals surface area (Å²) in [4.78, 5) is 34.6. The van der Waals surface area contributed by atoms with Gasteiger partial charge in [0, 0.05) is 51.3 Å². The van der Waals surface area contributed by atoms with Crippen LogP contribution >= 0.6 is 0 Å². The third-order valence-corrected chi connectivity index (χ3v) is 9.01. The van der Waals surface area contributed by atoms with Gasteiger partial charge in [-0.1, -0.05) is 37.5 Å². The van der Waals surface area contributed by atoms with Crippen molar-refractivity contribution in [2.24, 2.45) is 13.0 Å². The van der Waals surface area contributed by atoms with E-state index in [1.165, 1.54) is 6.42 Å². The zero-order valence-corrected chi connectivity index (χ0v) is 22.8. The summed E-state index contributed by atoms with van der Waals surface area (Å²) in [6, 6.07) is 10.0. The van der Waals surface area contributed by atoms with Crippen LogP contribution in [0.4, 0.5) is 0 Å². The molecular formula is C30H44N4O3. The van der Waals surface area contributed by atoms with Crippen LogP contribution in [-0.4, -0.2) is 83.7 Å². The van der Waals surface area contributed by atoms with Crippen molar-refractivity contribution in [3.05, 3.63) is 46.2 Å². The smallest absolute Gasteiger partial charge is 0.255 e. The number of carbonyl (C=O) groups excluding carboxylic acids is 1. The number of fused-ring (bicyclic) bond motifs is 1. The first-order valence-corrected chi connectivity index (χ1v) is 14.3. The number of nitrogens with zero attached hydrogens (tertiary/aromatic N) is 4. The summed E-state index contributed by atoms with van der Waals surface area (Å²) in [5.41, 5.74) is 1.42. The third kappa shape index (κ3) is 5.79. The molecule has 5 rings (SSSR count). The Hall–Kier alpha value is -2.22. The second-order valence-electron chi connectivity index (χ2n) is 11.6. The van der Waals surface area contributed by atoms with Crippen molar-refractivity contribution < 1.29 is 9.53 Å². The van der Waals surface area contributed by atoms with E-state index in [9.17, 15) is 9.59 Å². The zero-order valence-electron chi connectivity index (χ0n) is 22.8. The molecule has 3 aliphatic rings. The summed E-state index contributed by atoms with van der Waals surface area (Å²) < 4.78 is 7.86. The van der Waals surface area contributed by atoms with Crippen LogP contribution in [0.25, 0.3) is 10.9 Å². The Labute approximate surface area is 221 Å². The minimum absolute atomic E-state index is 0.00881. The molecule has 0 N–H and O–H groups in total. The number of aryl methyl sites for hydroxylation is 1. The van der Waals surface area contributed by atoms with Gasteiger partial charge >= 0.3 is 0 Å². The van der Waals surface area contributed by atoms with Crippen molar-refractivity contribution in [1.82, 2.24) is 19.3 Å². The summed E-state index contributed by atoms with van der Waals surface area (Å²) in [5, 5.41) is 1.04. The molecule has 2 aliphatic heterocycles. The van der Waals surface area contributed by atoms with Crippen LogP contribution in [-0.2, 0) is 23.1 Å². The van der Waals surface area contributed by atoms with E-state index < -0.39 is 0 Å². The molecule has 1 aromatic heterocycles. The number of pyridine rings is 1. The largest absolute Gasteiger partial charge is 0.379 e. The second kappa shape index (κ2) is 11.7. The van der Waals surface area contributed by atoms with E-state index in [0.717, 1.165) is 88.6 Å². The summed E-state index contributed by atoms with van der Waals surface area (Å²) in [7, 11) is 4.04. The lowest BCUT2D eigenvalue weighted by Gasteiger charge is -2.48. The van der Waals surface area contributed by atoms with Crippen LogP contribution in [0.15, 0.2) is 35.1 Å². The Morgan fingerprint density at radius 3 is 2.62 bits per heavy atom. The van der Waals surface area contributed by atoms with Crippen LogP contribution in [0.3, 0.4) is 0 Å². The molecule has 1 saturated carbocycles. The number of hydrogen-bond acceptors (Lipinski definition) is 5. The highest BCUT2D eigenvalue weighted by Gasteiger charge is 2.42. The van der Waals surface area contributed by atoms with Crippen molar-refractivity contribution in [3.63, 3.8) is 0 Å². The molecule has 1 unspecified atom stereocenters. The summed E-state index contributed by atoms with van der Waals surface area (Å²) in [6.45, 7) is 6.58. The summed E-state index contributed by atoms with van der Waals surface area (Å²) in [6.07, 6.45) is 8.54. The van der Waals surface area contributed by atoms with Crippen LogP contribution in [0.1, 0.15) is 56.9 Å². The Balaban J connectivity index is 1.49. The monoisotopic (exact) mass is 508 g/mol. The van der Waals surface area contributed by atoms with Gasteiger partial charge in [0.2, 0.25) is 5.91 Å². The van der Waals surface area contributed by atoms with Crippen molar-refractivity contribution >= 4 is 16.8 Å². The number of hydrogen-bond donors (Lipinski definition) is 0. The Morgan fingerprint density at radius 1 is 1.03 bits per heavy atom. The maximum absolute atomic E-state index is 14.1. The van der Waals surface area contributed by atoms with Crippen molar-refractivity contribution in [3.8, 4) is 0 Å². The van der Waals surface area contributed by atoms with E-state index in [-0.39, 0.29) is 22.9 Å². The number of likely N-dealkylation sites (N-methyl/N-ethyl adjacent to an activating group) is 1. The van der Waals surface area contributed by atoms with Gasteiger partial charge < -0.3 is 19.1 Å².